The fraction of sp³-hybridized carbons (Fsp3) is 0.0909. The van der Waals surface area contributed by atoms with Crippen LogP contribution >= 0.6 is 28.3 Å². The minimum Gasteiger partial charge on any atom is -0.274 e. The van der Waals surface area contributed by atoms with E-state index in [9.17, 15) is 4.79 Å². The molecular weight excluding hydrogens is 302 g/mol. The number of thiazole rings is 1. The first-order valence-corrected chi connectivity index (χ1v) is 5.67. The molecule has 2 aromatic rings. The molecule has 0 fully saturated rings. The van der Waals surface area contributed by atoms with Crippen LogP contribution in [0, 0.1) is 0 Å². The van der Waals surface area contributed by atoms with Crippen LogP contribution in [0.5, 0.6) is 0 Å². The van der Waals surface area contributed by atoms with Crippen molar-refractivity contribution in [3.8, 4) is 11.3 Å². The monoisotopic (exact) mass is 313 g/mol. The van der Waals surface area contributed by atoms with E-state index in [2.05, 4.69) is 15.8 Å². The van der Waals surface area contributed by atoms with Crippen molar-refractivity contribution in [3.63, 3.8) is 0 Å². The number of carbonyl (C=O) groups is 1. The Morgan fingerprint density at radius 2 is 2.00 bits per heavy atom. The standard InChI is InChI=1S/C11H11N3OS.BrH/c1-8(15)13-14-11-12-10(7-16-11)9-5-3-2-4-6-9;/h2-7H,1H3,(H,12,14)(H,13,15);1H. The Bertz CT molecular complexity index is 486. The molecule has 4 nitrogen and oxygen atoms in total. The van der Waals surface area contributed by atoms with Crippen LogP contribution in [-0.2, 0) is 4.79 Å². The lowest BCUT2D eigenvalue weighted by atomic mass is 10.2. The zero-order chi connectivity index (χ0) is 11.4. The predicted molar refractivity (Wildman–Crippen MR) is 75.3 cm³/mol. The number of hydrazine groups is 1. The van der Waals surface area contributed by atoms with Gasteiger partial charge in [0.25, 0.3) is 0 Å². The van der Waals surface area contributed by atoms with Gasteiger partial charge in [0.15, 0.2) is 0 Å². The zero-order valence-electron chi connectivity index (χ0n) is 9.14. The highest BCUT2D eigenvalue weighted by atomic mass is 79.9. The highest BCUT2D eigenvalue weighted by Crippen LogP contribution is 2.23. The molecule has 0 aliphatic heterocycles. The van der Waals surface area contributed by atoms with Crippen molar-refractivity contribution in [2.45, 2.75) is 6.92 Å². The van der Waals surface area contributed by atoms with Gasteiger partial charge in [0.2, 0.25) is 11.0 Å². The molecule has 0 saturated carbocycles. The number of nitrogens with zero attached hydrogens (tertiary/aromatic N) is 1. The van der Waals surface area contributed by atoms with Crippen LogP contribution in [0.3, 0.4) is 0 Å². The van der Waals surface area contributed by atoms with Gasteiger partial charge in [-0.2, -0.15) is 0 Å². The fourth-order valence-corrected chi connectivity index (χ4v) is 1.89. The van der Waals surface area contributed by atoms with E-state index in [0.717, 1.165) is 11.3 Å². The topological polar surface area (TPSA) is 54.0 Å². The third-order valence-electron chi connectivity index (χ3n) is 1.92. The summed E-state index contributed by atoms with van der Waals surface area (Å²) in [5.41, 5.74) is 7.19. The molecule has 1 aromatic heterocycles. The summed E-state index contributed by atoms with van der Waals surface area (Å²) in [5.74, 6) is -0.142. The quantitative estimate of drug-likeness (QED) is 0.857. The number of hydrogen-bond acceptors (Lipinski definition) is 4. The van der Waals surface area contributed by atoms with Gasteiger partial charge >= 0.3 is 0 Å². The Labute approximate surface area is 114 Å². The maximum absolute atomic E-state index is 10.7. The highest BCUT2D eigenvalue weighted by Gasteiger charge is 2.03. The number of anilines is 1. The molecule has 0 bridgehead atoms. The second-order valence-corrected chi connectivity index (χ2v) is 4.07. The molecule has 1 amide bonds. The molecule has 0 atom stereocenters. The van der Waals surface area contributed by atoms with Gasteiger partial charge in [-0.05, 0) is 0 Å². The van der Waals surface area contributed by atoms with Gasteiger partial charge in [-0.25, -0.2) is 4.98 Å². The summed E-state index contributed by atoms with van der Waals surface area (Å²) in [6.07, 6.45) is 0. The SMILES string of the molecule is Br.CC(=O)NNc1nc(-c2ccccc2)cs1. The van der Waals surface area contributed by atoms with E-state index in [1.807, 2.05) is 35.7 Å². The molecule has 2 rings (SSSR count). The average Bonchev–Trinajstić information content (AvgIpc) is 2.76. The molecule has 0 unspecified atom stereocenters. The molecule has 6 heteroatoms. The van der Waals surface area contributed by atoms with E-state index in [1.165, 1.54) is 18.3 Å². The first kappa shape index (κ1) is 13.7. The summed E-state index contributed by atoms with van der Waals surface area (Å²) in [4.78, 5) is 15.0. The number of aromatic nitrogens is 1. The normalized spacial score (nSPS) is 9.24. The van der Waals surface area contributed by atoms with Gasteiger partial charge in [0.05, 0.1) is 5.69 Å². The molecule has 0 radical (unpaired) electrons. The minimum absolute atomic E-state index is 0. The van der Waals surface area contributed by atoms with Crippen molar-refractivity contribution in [1.29, 1.82) is 0 Å². The van der Waals surface area contributed by atoms with Crippen molar-refractivity contribution >= 4 is 39.4 Å². The van der Waals surface area contributed by atoms with E-state index in [-0.39, 0.29) is 22.9 Å². The van der Waals surface area contributed by atoms with Crippen molar-refractivity contribution in [1.82, 2.24) is 10.4 Å². The second kappa shape index (κ2) is 6.36. The lowest BCUT2D eigenvalue weighted by Crippen LogP contribution is -2.26. The number of amides is 1. The molecule has 1 heterocycles. The Morgan fingerprint density at radius 3 is 2.65 bits per heavy atom. The van der Waals surface area contributed by atoms with Gasteiger partial charge in [-0.15, -0.1) is 28.3 Å². The molecule has 17 heavy (non-hydrogen) atoms. The van der Waals surface area contributed by atoms with E-state index in [4.69, 9.17) is 0 Å². The average molecular weight is 314 g/mol. The van der Waals surface area contributed by atoms with E-state index >= 15 is 0 Å². The maximum Gasteiger partial charge on any atom is 0.235 e. The van der Waals surface area contributed by atoms with Gasteiger partial charge in [-0.3, -0.25) is 15.6 Å². The Kier molecular flexibility index (Phi) is 5.11. The van der Waals surface area contributed by atoms with Crippen LogP contribution in [-0.4, -0.2) is 10.9 Å². The summed E-state index contributed by atoms with van der Waals surface area (Å²) < 4.78 is 0. The smallest absolute Gasteiger partial charge is 0.235 e. The molecule has 2 N–H and O–H groups in total. The van der Waals surface area contributed by atoms with Crippen LogP contribution in [0.15, 0.2) is 35.7 Å². The maximum atomic E-state index is 10.7. The molecule has 0 aliphatic carbocycles. The van der Waals surface area contributed by atoms with E-state index in [1.54, 1.807) is 0 Å². The number of halogens is 1. The fourth-order valence-electron chi connectivity index (χ4n) is 1.21. The number of rotatable bonds is 3. The molecule has 1 aromatic carbocycles. The molecular formula is C11H12BrN3OS. The van der Waals surface area contributed by atoms with Crippen molar-refractivity contribution in [2.24, 2.45) is 0 Å². The predicted octanol–water partition coefficient (Wildman–Crippen LogP) is 2.85. The number of hydrogen-bond donors (Lipinski definition) is 2. The van der Waals surface area contributed by atoms with Crippen molar-refractivity contribution in [3.05, 3.63) is 35.7 Å². The largest absolute Gasteiger partial charge is 0.274 e. The van der Waals surface area contributed by atoms with Crippen LogP contribution < -0.4 is 10.9 Å². The molecule has 0 spiro atoms. The van der Waals surface area contributed by atoms with Gasteiger partial charge in [0.1, 0.15) is 0 Å². The van der Waals surface area contributed by atoms with E-state index < -0.39 is 0 Å². The van der Waals surface area contributed by atoms with Crippen LogP contribution in [0.2, 0.25) is 0 Å². The van der Waals surface area contributed by atoms with Crippen LogP contribution in [0.4, 0.5) is 5.13 Å². The Morgan fingerprint density at radius 1 is 1.29 bits per heavy atom. The third-order valence-corrected chi connectivity index (χ3v) is 2.68. The van der Waals surface area contributed by atoms with Gasteiger partial charge in [-0.1, -0.05) is 30.3 Å². The lowest BCUT2D eigenvalue weighted by Gasteiger charge is -2.00. The van der Waals surface area contributed by atoms with Crippen LogP contribution in [0.1, 0.15) is 6.92 Å². The number of carbonyl (C=O) groups excluding carboxylic acids is 1. The third kappa shape index (κ3) is 3.83. The number of benzene rings is 1. The first-order chi connectivity index (χ1) is 7.75. The van der Waals surface area contributed by atoms with Crippen molar-refractivity contribution in [2.75, 3.05) is 5.43 Å². The van der Waals surface area contributed by atoms with Crippen LogP contribution in [0.25, 0.3) is 11.3 Å². The summed E-state index contributed by atoms with van der Waals surface area (Å²) in [5, 5.41) is 2.62. The lowest BCUT2D eigenvalue weighted by molar-refractivity contribution is -0.118. The molecule has 90 valence electrons. The second-order valence-electron chi connectivity index (χ2n) is 3.21. The van der Waals surface area contributed by atoms with Crippen molar-refractivity contribution < 1.29 is 4.79 Å². The summed E-state index contributed by atoms with van der Waals surface area (Å²) in [6.45, 7) is 1.44. The Hall–Kier alpha value is -1.40. The Balaban J connectivity index is 0.00000144. The molecule has 0 saturated heterocycles. The van der Waals surface area contributed by atoms with Gasteiger partial charge < -0.3 is 0 Å². The molecule has 0 aliphatic rings. The summed E-state index contributed by atoms with van der Waals surface area (Å²) in [6, 6.07) is 9.89. The zero-order valence-corrected chi connectivity index (χ0v) is 11.7. The minimum atomic E-state index is -0.142. The number of nitrogens with one attached hydrogen (secondary N) is 2. The summed E-state index contributed by atoms with van der Waals surface area (Å²) >= 11 is 1.45. The van der Waals surface area contributed by atoms with Gasteiger partial charge in [0, 0.05) is 17.9 Å². The first-order valence-electron chi connectivity index (χ1n) is 4.79. The summed E-state index contributed by atoms with van der Waals surface area (Å²) in [7, 11) is 0. The van der Waals surface area contributed by atoms with E-state index in [0.29, 0.717) is 5.13 Å². The highest BCUT2D eigenvalue weighted by molar-refractivity contribution is 8.93.